The molecular weight excluding hydrogens is 396 g/mol. The molecule has 0 aliphatic carbocycles. The molecule has 0 saturated heterocycles. The Morgan fingerprint density at radius 2 is 1.69 bits per heavy atom. The van der Waals surface area contributed by atoms with Crippen molar-refractivity contribution in [3.8, 4) is 23.0 Å². The maximum atomic E-state index is 12.6. The molecule has 0 aliphatic rings. The molecule has 2 rings (SSSR count). The molecule has 2 aromatic carbocycles. The first-order chi connectivity index (χ1) is 13.8. The first-order valence-corrected chi connectivity index (χ1v) is 8.41. The number of allylic oxidation sites excluding steroid dienone is 1. The van der Waals surface area contributed by atoms with Crippen molar-refractivity contribution in [2.75, 3.05) is 13.7 Å². The fraction of sp³-hybridized carbons (Fsp3) is 0.250. The number of ether oxygens (including phenoxy) is 4. The van der Waals surface area contributed by atoms with Gasteiger partial charge >= 0.3 is 13.2 Å². The topological polar surface area (TPSA) is 54.0 Å². The van der Waals surface area contributed by atoms with Crippen LogP contribution in [0.5, 0.6) is 23.0 Å². The van der Waals surface area contributed by atoms with Crippen molar-refractivity contribution in [3.63, 3.8) is 0 Å². The van der Waals surface area contributed by atoms with E-state index in [1.165, 1.54) is 13.2 Å². The SMILES string of the molecule is CCOc1cc(C=CC(=O)c2ccc(OC(F)F)cc2OC(F)F)ccc1OC. The summed E-state index contributed by atoms with van der Waals surface area (Å²) in [4.78, 5) is 12.4. The quantitative estimate of drug-likeness (QED) is 0.304. The zero-order valence-electron chi connectivity index (χ0n) is 15.5. The van der Waals surface area contributed by atoms with Gasteiger partial charge in [-0.3, -0.25) is 4.79 Å². The van der Waals surface area contributed by atoms with Crippen LogP contribution < -0.4 is 18.9 Å². The Morgan fingerprint density at radius 3 is 2.31 bits per heavy atom. The molecular formula is C20H18F4O5. The van der Waals surface area contributed by atoms with Crippen molar-refractivity contribution in [2.24, 2.45) is 0 Å². The highest BCUT2D eigenvalue weighted by Crippen LogP contribution is 2.30. The minimum absolute atomic E-state index is 0.235. The van der Waals surface area contributed by atoms with Gasteiger partial charge in [0.05, 0.1) is 19.3 Å². The molecule has 0 aromatic heterocycles. The molecule has 0 heterocycles. The molecule has 0 fully saturated rings. The summed E-state index contributed by atoms with van der Waals surface area (Å²) < 4.78 is 68.9. The number of rotatable bonds is 10. The zero-order valence-corrected chi connectivity index (χ0v) is 15.5. The van der Waals surface area contributed by atoms with E-state index in [9.17, 15) is 22.4 Å². The lowest BCUT2D eigenvalue weighted by atomic mass is 10.1. The Labute approximate surface area is 164 Å². The van der Waals surface area contributed by atoms with Crippen LogP contribution in [0.4, 0.5) is 17.6 Å². The maximum Gasteiger partial charge on any atom is 0.387 e. The fourth-order valence-corrected chi connectivity index (χ4v) is 2.40. The minimum atomic E-state index is -3.25. The normalized spacial score (nSPS) is 11.2. The van der Waals surface area contributed by atoms with E-state index in [4.69, 9.17) is 9.47 Å². The lowest BCUT2D eigenvalue weighted by Crippen LogP contribution is -2.08. The van der Waals surface area contributed by atoms with E-state index in [0.29, 0.717) is 23.7 Å². The van der Waals surface area contributed by atoms with Gasteiger partial charge in [0.25, 0.3) is 0 Å². The average Bonchev–Trinajstić information content (AvgIpc) is 2.66. The number of carbonyl (C=O) groups excluding carboxylic acids is 1. The van der Waals surface area contributed by atoms with Gasteiger partial charge in [0.2, 0.25) is 0 Å². The third-order valence-corrected chi connectivity index (χ3v) is 3.57. The third kappa shape index (κ3) is 6.41. The molecule has 2 aromatic rings. The second-order valence-electron chi connectivity index (χ2n) is 5.46. The molecule has 0 amide bonds. The summed E-state index contributed by atoms with van der Waals surface area (Å²) >= 11 is 0. The van der Waals surface area contributed by atoms with Crippen molar-refractivity contribution in [2.45, 2.75) is 20.1 Å². The Bertz CT molecular complexity index is 868. The fourth-order valence-electron chi connectivity index (χ4n) is 2.40. The van der Waals surface area contributed by atoms with Crippen LogP contribution in [-0.2, 0) is 0 Å². The molecule has 0 spiro atoms. The highest BCUT2D eigenvalue weighted by Gasteiger charge is 2.17. The van der Waals surface area contributed by atoms with Gasteiger partial charge in [0, 0.05) is 6.07 Å². The number of carbonyl (C=O) groups is 1. The molecule has 0 saturated carbocycles. The number of benzene rings is 2. The second-order valence-corrected chi connectivity index (χ2v) is 5.46. The monoisotopic (exact) mass is 414 g/mol. The van der Waals surface area contributed by atoms with Crippen LogP contribution in [0.3, 0.4) is 0 Å². The lowest BCUT2D eigenvalue weighted by Gasteiger charge is -2.11. The predicted molar refractivity (Wildman–Crippen MR) is 97.2 cm³/mol. The number of ketones is 1. The number of alkyl halides is 4. The molecule has 29 heavy (non-hydrogen) atoms. The molecule has 5 nitrogen and oxygen atoms in total. The van der Waals surface area contributed by atoms with E-state index in [1.807, 2.05) is 0 Å². The molecule has 0 bridgehead atoms. The molecule has 0 unspecified atom stereocenters. The van der Waals surface area contributed by atoms with Gasteiger partial charge < -0.3 is 18.9 Å². The number of hydrogen-bond acceptors (Lipinski definition) is 5. The summed E-state index contributed by atoms with van der Waals surface area (Å²) in [6, 6.07) is 7.90. The van der Waals surface area contributed by atoms with Crippen LogP contribution in [0, 0.1) is 0 Å². The number of hydrogen-bond donors (Lipinski definition) is 0. The number of halogens is 4. The van der Waals surface area contributed by atoms with Crippen molar-refractivity contribution < 1.29 is 41.3 Å². The van der Waals surface area contributed by atoms with Gasteiger partial charge in [0.1, 0.15) is 11.5 Å². The van der Waals surface area contributed by atoms with Gasteiger partial charge in [-0.2, -0.15) is 17.6 Å². The van der Waals surface area contributed by atoms with Crippen LogP contribution in [-0.4, -0.2) is 32.7 Å². The van der Waals surface area contributed by atoms with Crippen LogP contribution in [0.15, 0.2) is 42.5 Å². The van der Waals surface area contributed by atoms with E-state index >= 15 is 0 Å². The lowest BCUT2D eigenvalue weighted by molar-refractivity contribution is -0.0544. The summed E-state index contributed by atoms with van der Waals surface area (Å²) in [7, 11) is 1.49. The maximum absolute atomic E-state index is 12.6. The smallest absolute Gasteiger partial charge is 0.387 e. The summed E-state index contributed by atoms with van der Waals surface area (Å²) in [5.41, 5.74) is 0.360. The largest absolute Gasteiger partial charge is 0.493 e. The standard InChI is InChI=1S/C20H18F4O5/c1-3-27-18-10-12(5-9-16(18)26-2)4-8-15(25)14-7-6-13(28-19(21)22)11-17(14)29-20(23)24/h4-11,19-20H,3H2,1-2H3. The minimum Gasteiger partial charge on any atom is -0.493 e. The summed E-state index contributed by atoms with van der Waals surface area (Å²) in [6.07, 6.45) is 2.58. The highest BCUT2D eigenvalue weighted by atomic mass is 19.3. The molecule has 156 valence electrons. The van der Waals surface area contributed by atoms with Gasteiger partial charge in [-0.1, -0.05) is 12.1 Å². The van der Waals surface area contributed by atoms with Gasteiger partial charge in [-0.05, 0) is 42.8 Å². The zero-order chi connectivity index (χ0) is 21.4. The Hall–Kier alpha value is -3.23. The summed E-state index contributed by atoms with van der Waals surface area (Å²) in [6.45, 7) is -4.19. The number of methoxy groups -OCH3 is 1. The molecule has 9 heteroatoms. The van der Waals surface area contributed by atoms with E-state index < -0.39 is 30.5 Å². The molecule has 0 aliphatic heterocycles. The van der Waals surface area contributed by atoms with E-state index in [-0.39, 0.29) is 5.56 Å². The van der Waals surface area contributed by atoms with Crippen molar-refractivity contribution in [1.82, 2.24) is 0 Å². The summed E-state index contributed by atoms with van der Waals surface area (Å²) in [5, 5.41) is 0. The Balaban J connectivity index is 2.28. The second kappa shape index (κ2) is 10.4. The first kappa shape index (κ1) is 22.1. The molecule has 0 atom stereocenters. The average molecular weight is 414 g/mol. The van der Waals surface area contributed by atoms with Crippen LogP contribution in [0.25, 0.3) is 6.08 Å². The summed E-state index contributed by atoms with van der Waals surface area (Å²) in [5.74, 6) is -0.666. The van der Waals surface area contributed by atoms with Gasteiger partial charge in [0.15, 0.2) is 17.3 Å². The first-order valence-electron chi connectivity index (χ1n) is 8.41. The van der Waals surface area contributed by atoms with E-state index in [2.05, 4.69) is 9.47 Å². The van der Waals surface area contributed by atoms with Crippen LogP contribution in [0.2, 0.25) is 0 Å². The van der Waals surface area contributed by atoms with Crippen molar-refractivity contribution in [3.05, 3.63) is 53.6 Å². The van der Waals surface area contributed by atoms with Crippen molar-refractivity contribution >= 4 is 11.9 Å². The predicted octanol–water partition coefficient (Wildman–Crippen LogP) is 5.19. The van der Waals surface area contributed by atoms with Crippen molar-refractivity contribution in [1.29, 1.82) is 0 Å². The van der Waals surface area contributed by atoms with Gasteiger partial charge in [-0.25, -0.2) is 0 Å². The van der Waals surface area contributed by atoms with Gasteiger partial charge in [-0.15, -0.1) is 0 Å². The Kier molecular flexibility index (Phi) is 7.88. The van der Waals surface area contributed by atoms with E-state index in [1.54, 1.807) is 25.1 Å². The molecule has 0 radical (unpaired) electrons. The third-order valence-electron chi connectivity index (χ3n) is 3.57. The Morgan fingerprint density at radius 1 is 0.966 bits per heavy atom. The van der Waals surface area contributed by atoms with Crippen LogP contribution in [0.1, 0.15) is 22.8 Å². The van der Waals surface area contributed by atoms with Crippen LogP contribution >= 0.6 is 0 Å². The molecule has 0 N–H and O–H groups in total. The highest BCUT2D eigenvalue weighted by molar-refractivity contribution is 6.08. The van der Waals surface area contributed by atoms with E-state index in [0.717, 1.165) is 24.3 Å².